The maximum Gasteiger partial charge on any atom is 0.123 e. The van der Waals surface area contributed by atoms with Gasteiger partial charge in [-0.1, -0.05) is 34.1 Å². The van der Waals surface area contributed by atoms with E-state index in [2.05, 4.69) is 46.4 Å². The van der Waals surface area contributed by atoms with Crippen LogP contribution in [0, 0.1) is 5.82 Å². The lowest BCUT2D eigenvalue weighted by Gasteiger charge is -2.21. The van der Waals surface area contributed by atoms with Crippen LogP contribution in [0.25, 0.3) is 0 Å². The molecule has 2 aromatic carbocycles. The number of aryl methyl sites for hydroxylation is 1. The van der Waals surface area contributed by atoms with Crippen LogP contribution in [0.15, 0.2) is 46.9 Å². The van der Waals surface area contributed by atoms with Gasteiger partial charge < -0.3 is 5.32 Å². The second-order valence-electron chi connectivity index (χ2n) is 5.38. The third-order valence-corrected chi connectivity index (χ3v) is 4.48. The van der Waals surface area contributed by atoms with Crippen molar-refractivity contribution in [2.75, 3.05) is 0 Å². The molecule has 3 rings (SSSR count). The molecule has 0 saturated carbocycles. The third kappa shape index (κ3) is 2.79. The van der Waals surface area contributed by atoms with Crippen molar-refractivity contribution in [2.24, 2.45) is 0 Å². The average Bonchev–Trinajstić information content (AvgIpc) is 2.81. The van der Waals surface area contributed by atoms with Crippen molar-refractivity contribution in [2.45, 2.75) is 31.8 Å². The lowest BCUT2D eigenvalue weighted by atomic mass is 10.0. The van der Waals surface area contributed by atoms with E-state index in [9.17, 15) is 4.39 Å². The van der Waals surface area contributed by atoms with Gasteiger partial charge in [-0.15, -0.1) is 0 Å². The molecule has 0 saturated heterocycles. The molecule has 2 aromatic rings. The molecule has 20 heavy (non-hydrogen) atoms. The van der Waals surface area contributed by atoms with Gasteiger partial charge in [0.25, 0.3) is 0 Å². The monoisotopic (exact) mass is 333 g/mol. The standard InChI is InChI=1S/C17H17BrFN/c1-11(12-3-2-4-15(19)10-12)20-17-8-5-13-9-14(18)6-7-16(13)17/h2-4,6-7,9-11,17,20H,5,8H2,1H3/t11-,17?/m0/s1. The van der Waals surface area contributed by atoms with Crippen molar-refractivity contribution in [3.63, 3.8) is 0 Å². The SMILES string of the molecule is C[C@H](NC1CCc2cc(Br)ccc21)c1cccc(F)c1. The molecule has 0 aromatic heterocycles. The number of hydrogen-bond donors (Lipinski definition) is 1. The Bertz CT molecular complexity index is 626. The van der Waals surface area contributed by atoms with Crippen LogP contribution in [-0.4, -0.2) is 0 Å². The Morgan fingerprint density at radius 3 is 2.90 bits per heavy atom. The number of nitrogens with one attached hydrogen (secondary N) is 1. The number of halogens is 2. The zero-order valence-corrected chi connectivity index (χ0v) is 13.0. The first kappa shape index (κ1) is 13.8. The van der Waals surface area contributed by atoms with Gasteiger partial charge in [0.2, 0.25) is 0 Å². The van der Waals surface area contributed by atoms with Gasteiger partial charge in [0.05, 0.1) is 0 Å². The van der Waals surface area contributed by atoms with Crippen molar-refractivity contribution in [1.29, 1.82) is 0 Å². The van der Waals surface area contributed by atoms with Crippen LogP contribution >= 0.6 is 15.9 Å². The molecule has 0 heterocycles. The second kappa shape index (κ2) is 5.66. The molecular weight excluding hydrogens is 317 g/mol. The highest BCUT2D eigenvalue weighted by molar-refractivity contribution is 9.10. The molecular formula is C17H17BrFN. The van der Waals surface area contributed by atoms with Gasteiger partial charge in [-0.2, -0.15) is 0 Å². The molecule has 104 valence electrons. The zero-order valence-electron chi connectivity index (χ0n) is 11.4. The quantitative estimate of drug-likeness (QED) is 0.839. The summed E-state index contributed by atoms with van der Waals surface area (Å²) < 4.78 is 14.4. The molecule has 0 amide bonds. The number of fused-ring (bicyclic) bond motifs is 1. The maximum atomic E-state index is 13.3. The van der Waals surface area contributed by atoms with Crippen LogP contribution in [0.4, 0.5) is 4.39 Å². The fraction of sp³-hybridized carbons (Fsp3) is 0.294. The predicted octanol–water partition coefficient (Wildman–Crippen LogP) is 4.93. The van der Waals surface area contributed by atoms with Crippen molar-refractivity contribution < 1.29 is 4.39 Å². The summed E-state index contributed by atoms with van der Waals surface area (Å²) >= 11 is 3.52. The highest BCUT2D eigenvalue weighted by Crippen LogP contribution is 2.34. The smallest absolute Gasteiger partial charge is 0.123 e. The summed E-state index contributed by atoms with van der Waals surface area (Å²) in [7, 11) is 0. The number of hydrogen-bond acceptors (Lipinski definition) is 1. The minimum Gasteiger partial charge on any atom is -0.303 e. The van der Waals surface area contributed by atoms with Crippen molar-refractivity contribution in [1.82, 2.24) is 5.32 Å². The summed E-state index contributed by atoms with van der Waals surface area (Å²) in [5.74, 6) is -0.174. The van der Waals surface area contributed by atoms with E-state index in [-0.39, 0.29) is 11.9 Å². The highest BCUT2D eigenvalue weighted by Gasteiger charge is 2.24. The van der Waals surface area contributed by atoms with Crippen LogP contribution in [0.2, 0.25) is 0 Å². The lowest BCUT2D eigenvalue weighted by Crippen LogP contribution is -2.23. The van der Waals surface area contributed by atoms with Crippen LogP contribution in [0.5, 0.6) is 0 Å². The van der Waals surface area contributed by atoms with E-state index >= 15 is 0 Å². The van der Waals surface area contributed by atoms with Gasteiger partial charge in [-0.05, 0) is 60.7 Å². The fourth-order valence-corrected chi connectivity index (χ4v) is 3.34. The van der Waals surface area contributed by atoms with E-state index in [4.69, 9.17) is 0 Å². The Balaban J connectivity index is 1.77. The number of rotatable bonds is 3. The van der Waals surface area contributed by atoms with Crippen LogP contribution < -0.4 is 5.32 Å². The lowest BCUT2D eigenvalue weighted by molar-refractivity contribution is 0.463. The summed E-state index contributed by atoms with van der Waals surface area (Å²) in [6.07, 6.45) is 2.20. The fourth-order valence-electron chi connectivity index (χ4n) is 2.93. The predicted molar refractivity (Wildman–Crippen MR) is 83.2 cm³/mol. The zero-order chi connectivity index (χ0) is 14.1. The molecule has 1 nitrogen and oxygen atoms in total. The summed E-state index contributed by atoms with van der Waals surface area (Å²) in [4.78, 5) is 0. The first-order valence-corrected chi connectivity index (χ1v) is 7.72. The van der Waals surface area contributed by atoms with E-state index in [0.717, 1.165) is 22.9 Å². The topological polar surface area (TPSA) is 12.0 Å². The molecule has 1 N–H and O–H groups in total. The van der Waals surface area contributed by atoms with E-state index < -0.39 is 0 Å². The van der Waals surface area contributed by atoms with E-state index in [1.165, 1.54) is 17.2 Å². The second-order valence-corrected chi connectivity index (χ2v) is 6.29. The van der Waals surface area contributed by atoms with Crippen LogP contribution in [-0.2, 0) is 6.42 Å². The van der Waals surface area contributed by atoms with E-state index in [1.54, 1.807) is 12.1 Å². The largest absolute Gasteiger partial charge is 0.303 e. The van der Waals surface area contributed by atoms with Gasteiger partial charge in [0.15, 0.2) is 0 Å². The van der Waals surface area contributed by atoms with Crippen molar-refractivity contribution >= 4 is 15.9 Å². The first-order chi connectivity index (χ1) is 9.63. The van der Waals surface area contributed by atoms with Gasteiger partial charge >= 0.3 is 0 Å². The molecule has 0 radical (unpaired) electrons. The Morgan fingerprint density at radius 1 is 1.25 bits per heavy atom. The molecule has 1 aliphatic carbocycles. The van der Waals surface area contributed by atoms with Crippen molar-refractivity contribution in [3.8, 4) is 0 Å². The highest BCUT2D eigenvalue weighted by atomic mass is 79.9. The van der Waals surface area contributed by atoms with Gasteiger partial charge in [0, 0.05) is 16.6 Å². The van der Waals surface area contributed by atoms with E-state index in [1.807, 2.05) is 6.07 Å². The summed E-state index contributed by atoms with van der Waals surface area (Å²) in [6, 6.07) is 13.8. The Hall–Kier alpha value is -1.19. The molecule has 1 unspecified atom stereocenters. The molecule has 0 bridgehead atoms. The molecule has 0 spiro atoms. The summed E-state index contributed by atoms with van der Waals surface area (Å²) in [5.41, 5.74) is 3.77. The minimum absolute atomic E-state index is 0.144. The van der Waals surface area contributed by atoms with Crippen molar-refractivity contribution in [3.05, 3.63) is 69.4 Å². The summed E-state index contributed by atoms with van der Waals surface area (Å²) in [5, 5.41) is 3.62. The third-order valence-electron chi connectivity index (χ3n) is 3.98. The van der Waals surface area contributed by atoms with Gasteiger partial charge in [-0.3, -0.25) is 0 Å². The maximum absolute atomic E-state index is 13.3. The molecule has 3 heteroatoms. The Kier molecular flexibility index (Phi) is 3.90. The van der Waals surface area contributed by atoms with Gasteiger partial charge in [-0.25, -0.2) is 4.39 Å². The normalized spacial score (nSPS) is 18.9. The summed E-state index contributed by atoms with van der Waals surface area (Å²) in [6.45, 7) is 2.09. The molecule has 2 atom stereocenters. The Morgan fingerprint density at radius 2 is 2.10 bits per heavy atom. The molecule has 0 fully saturated rings. The average molecular weight is 334 g/mol. The molecule has 1 aliphatic rings. The Labute approximate surface area is 127 Å². The van der Waals surface area contributed by atoms with Crippen LogP contribution in [0.3, 0.4) is 0 Å². The first-order valence-electron chi connectivity index (χ1n) is 6.93. The molecule has 0 aliphatic heterocycles. The van der Waals surface area contributed by atoms with Gasteiger partial charge in [0.1, 0.15) is 5.82 Å². The minimum atomic E-state index is -0.174. The van der Waals surface area contributed by atoms with Crippen LogP contribution in [0.1, 0.15) is 42.1 Å². The number of benzene rings is 2. The van der Waals surface area contributed by atoms with E-state index in [0.29, 0.717) is 6.04 Å².